The third-order valence-electron chi connectivity index (χ3n) is 2.45. The summed E-state index contributed by atoms with van der Waals surface area (Å²) in [6.07, 6.45) is -2.31. The van der Waals surface area contributed by atoms with Crippen LogP contribution in [0.3, 0.4) is 0 Å². The van der Waals surface area contributed by atoms with Crippen molar-refractivity contribution in [3.05, 3.63) is 35.4 Å². The lowest BCUT2D eigenvalue weighted by Crippen LogP contribution is -2.30. The quantitative estimate of drug-likeness (QED) is 0.698. The number of nitrogens with zero attached hydrogens (tertiary/aromatic N) is 1. The first kappa shape index (κ1) is 13.4. The number of hydrogen-bond acceptors (Lipinski definition) is 1. The van der Waals surface area contributed by atoms with Gasteiger partial charge in [-0.15, -0.1) is 11.6 Å². The van der Waals surface area contributed by atoms with Crippen molar-refractivity contribution in [3.8, 4) is 0 Å². The van der Waals surface area contributed by atoms with Gasteiger partial charge < -0.3 is 0 Å². The highest BCUT2D eigenvalue weighted by atomic mass is 35.5. The molecule has 16 heavy (non-hydrogen) atoms. The van der Waals surface area contributed by atoms with Gasteiger partial charge in [-0.25, -0.2) is 8.78 Å². The van der Waals surface area contributed by atoms with Crippen molar-refractivity contribution in [2.75, 3.05) is 19.0 Å². The number of halogens is 3. The summed E-state index contributed by atoms with van der Waals surface area (Å²) in [5, 5.41) is 0. The van der Waals surface area contributed by atoms with Gasteiger partial charge in [0.2, 0.25) is 0 Å². The number of benzene rings is 1. The molecule has 0 N–H and O–H groups in total. The molecule has 0 amide bonds. The lowest BCUT2D eigenvalue weighted by atomic mass is 10.1. The van der Waals surface area contributed by atoms with Crippen LogP contribution in [0.15, 0.2) is 24.3 Å². The zero-order chi connectivity index (χ0) is 12.0. The predicted molar refractivity (Wildman–Crippen MR) is 63.2 cm³/mol. The van der Waals surface area contributed by atoms with Gasteiger partial charge in [-0.3, -0.25) is 4.90 Å². The van der Waals surface area contributed by atoms with Gasteiger partial charge in [0.05, 0.1) is 6.54 Å². The standard InChI is InChI=1S/C12H16ClF2N/c1-10-4-2-3-5-11(10)8-16(7-6-13)9-12(14)15/h2-5,12H,6-9H2,1H3. The van der Waals surface area contributed by atoms with Gasteiger partial charge in [0.1, 0.15) is 0 Å². The maximum atomic E-state index is 12.3. The van der Waals surface area contributed by atoms with Crippen LogP contribution in [-0.4, -0.2) is 30.3 Å². The minimum Gasteiger partial charge on any atom is -0.292 e. The number of rotatable bonds is 6. The van der Waals surface area contributed by atoms with E-state index in [9.17, 15) is 8.78 Å². The van der Waals surface area contributed by atoms with Crippen molar-refractivity contribution in [1.82, 2.24) is 4.90 Å². The average molecular weight is 248 g/mol. The molecule has 0 aliphatic heterocycles. The largest absolute Gasteiger partial charge is 0.292 e. The Morgan fingerprint density at radius 3 is 2.56 bits per heavy atom. The third-order valence-corrected chi connectivity index (χ3v) is 2.62. The molecule has 4 heteroatoms. The minimum absolute atomic E-state index is 0.221. The maximum absolute atomic E-state index is 12.3. The van der Waals surface area contributed by atoms with Crippen LogP contribution in [0.2, 0.25) is 0 Å². The van der Waals surface area contributed by atoms with Gasteiger partial charge in [-0.05, 0) is 18.1 Å². The summed E-state index contributed by atoms with van der Waals surface area (Å²) in [5.41, 5.74) is 2.20. The summed E-state index contributed by atoms with van der Waals surface area (Å²) >= 11 is 5.60. The van der Waals surface area contributed by atoms with Crippen LogP contribution in [0.5, 0.6) is 0 Å². The molecule has 0 bridgehead atoms. The van der Waals surface area contributed by atoms with Gasteiger partial charge in [0.15, 0.2) is 0 Å². The molecule has 1 aromatic carbocycles. The summed E-state index contributed by atoms with van der Waals surface area (Å²) in [7, 11) is 0. The van der Waals surface area contributed by atoms with Crippen molar-refractivity contribution >= 4 is 11.6 Å². The third kappa shape index (κ3) is 4.45. The van der Waals surface area contributed by atoms with Crippen LogP contribution in [0.4, 0.5) is 8.78 Å². The molecule has 1 rings (SSSR count). The second kappa shape index (κ2) is 6.81. The van der Waals surface area contributed by atoms with Crippen molar-refractivity contribution in [3.63, 3.8) is 0 Å². The molecule has 0 saturated heterocycles. The molecule has 1 aromatic rings. The Morgan fingerprint density at radius 1 is 1.31 bits per heavy atom. The van der Waals surface area contributed by atoms with E-state index in [-0.39, 0.29) is 6.54 Å². The molecule has 0 radical (unpaired) electrons. The monoisotopic (exact) mass is 247 g/mol. The van der Waals surface area contributed by atoms with Gasteiger partial charge in [-0.1, -0.05) is 24.3 Å². The fourth-order valence-electron chi connectivity index (χ4n) is 1.58. The summed E-state index contributed by atoms with van der Waals surface area (Å²) in [5.74, 6) is 0.374. The molecule has 0 unspecified atom stereocenters. The van der Waals surface area contributed by atoms with E-state index in [2.05, 4.69) is 0 Å². The van der Waals surface area contributed by atoms with E-state index in [1.54, 1.807) is 4.90 Å². The highest BCUT2D eigenvalue weighted by Crippen LogP contribution is 2.11. The van der Waals surface area contributed by atoms with Crippen LogP contribution in [0, 0.1) is 6.92 Å². The van der Waals surface area contributed by atoms with Crippen LogP contribution < -0.4 is 0 Å². The van der Waals surface area contributed by atoms with E-state index in [1.807, 2.05) is 31.2 Å². The fraction of sp³-hybridized carbons (Fsp3) is 0.500. The Morgan fingerprint density at radius 2 is 2.00 bits per heavy atom. The van der Waals surface area contributed by atoms with Gasteiger partial charge in [-0.2, -0.15) is 0 Å². The SMILES string of the molecule is Cc1ccccc1CN(CCCl)CC(F)F. The lowest BCUT2D eigenvalue weighted by molar-refractivity contribution is 0.0877. The topological polar surface area (TPSA) is 3.24 Å². The molecule has 0 heterocycles. The molecule has 0 atom stereocenters. The fourth-order valence-corrected chi connectivity index (χ4v) is 1.82. The predicted octanol–water partition coefficient (Wildman–Crippen LogP) is 3.30. The van der Waals surface area contributed by atoms with E-state index in [0.29, 0.717) is 19.0 Å². The number of hydrogen-bond donors (Lipinski definition) is 0. The molecule has 0 fully saturated rings. The molecule has 0 spiro atoms. The number of alkyl halides is 3. The maximum Gasteiger partial charge on any atom is 0.251 e. The normalized spacial score (nSPS) is 11.4. The first-order valence-corrected chi connectivity index (χ1v) is 5.78. The van der Waals surface area contributed by atoms with Gasteiger partial charge >= 0.3 is 0 Å². The molecular formula is C12H16ClF2N. The minimum atomic E-state index is -2.31. The second-order valence-electron chi connectivity index (χ2n) is 3.74. The highest BCUT2D eigenvalue weighted by molar-refractivity contribution is 6.18. The molecular weight excluding hydrogens is 232 g/mol. The summed E-state index contributed by atoms with van der Waals surface area (Å²) < 4.78 is 24.7. The van der Waals surface area contributed by atoms with E-state index in [4.69, 9.17) is 11.6 Å². The van der Waals surface area contributed by atoms with Crippen LogP contribution in [0.25, 0.3) is 0 Å². The van der Waals surface area contributed by atoms with Gasteiger partial charge in [0, 0.05) is 19.0 Å². The summed E-state index contributed by atoms with van der Waals surface area (Å²) in [6.45, 7) is 2.78. The lowest BCUT2D eigenvalue weighted by Gasteiger charge is -2.21. The average Bonchev–Trinajstić information content (AvgIpc) is 2.21. The molecule has 0 aromatic heterocycles. The number of aryl methyl sites for hydroxylation is 1. The molecule has 0 aliphatic carbocycles. The first-order valence-electron chi connectivity index (χ1n) is 5.24. The molecule has 0 saturated carbocycles. The Balaban J connectivity index is 2.64. The molecule has 0 aliphatic rings. The Hall–Kier alpha value is -0.670. The van der Waals surface area contributed by atoms with E-state index in [0.717, 1.165) is 11.1 Å². The zero-order valence-electron chi connectivity index (χ0n) is 9.30. The van der Waals surface area contributed by atoms with E-state index in [1.165, 1.54) is 0 Å². The van der Waals surface area contributed by atoms with Crippen molar-refractivity contribution < 1.29 is 8.78 Å². The first-order chi connectivity index (χ1) is 7.63. The Kier molecular flexibility index (Phi) is 5.71. The van der Waals surface area contributed by atoms with Crippen LogP contribution in [0.1, 0.15) is 11.1 Å². The molecule has 1 nitrogen and oxygen atoms in total. The highest BCUT2D eigenvalue weighted by Gasteiger charge is 2.12. The zero-order valence-corrected chi connectivity index (χ0v) is 10.1. The van der Waals surface area contributed by atoms with E-state index >= 15 is 0 Å². The van der Waals surface area contributed by atoms with Crippen LogP contribution >= 0.6 is 11.6 Å². The second-order valence-corrected chi connectivity index (χ2v) is 4.12. The van der Waals surface area contributed by atoms with Crippen LogP contribution in [-0.2, 0) is 6.54 Å². The molecule has 90 valence electrons. The summed E-state index contributed by atoms with van der Waals surface area (Å²) in [4.78, 5) is 1.68. The Labute approximate surface area is 100 Å². The van der Waals surface area contributed by atoms with Crippen molar-refractivity contribution in [2.45, 2.75) is 19.9 Å². The van der Waals surface area contributed by atoms with Crippen molar-refractivity contribution in [2.24, 2.45) is 0 Å². The Bertz CT molecular complexity index is 318. The van der Waals surface area contributed by atoms with Crippen molar-refractivity contribution in [1.29, 1.82) is 0 Å². The smallest absolute Gasteiger partial charge is 0.251 e. The van der Waals surface area contributed by atoms with E-state index < -0.39 is 6.43 Å². The summed E-state index contributed by atoms with van der Waals surface area (Å²) in [6, 6.07) is 7.81. The van der Waals surface area contributed by atoms with Gasteiger partial charge in [0.25, 0.3) is 6.43 Å².